The third kappa shape index (κ3) is 3.21. The fourth-order valence-corrected chi connectivity index (χ4v) is 5.21. The fourth-order valence-electron chi connectivity index (χ4n) is 5.07. The van der Waals surface area contributed by atoms with Gasteiger partial charge in [0.2, 0.25) is 0 Å². The van der Waals surface area contributed by atoms with E-state index in [1.165, 1.54) is 0 Å². The van der Waals surface area contributed by atoms with Crippen LogP contribution >= 0.6 is 12.2 Å². The van der Waals surface area contributed by atoms with Gasteiger partial charge in [0, 0.05) is 37.7 Å². The Morgan fingerprint density at radius 1 is 1.20 bits per heavy atom. The lowest BCUT2D eigenvalue weighted by molar-refractivity contribution is 0.0703. The van der Waals surface area contributed by atoms with Crippen molar-refractivity contribution in [2.75, 3.05) is 13.1 Å². The molecular weight excluding hydrogens is 400 g/mol. The molecule has 1 unspecified atom stereocenters. The molecule has 3 heterocycles. The van der Waals surface area contributed by atoms with Gasteiger partial charge in [0.1, 0.15) is 5.82 Å². The molecule has 158 valence electrons. The normalized spacial score (nSPS) is 20.3. The van der Waals surface area contributed by atoms with Gasteiger partial charge >= 0.3 is 5.69 Å². The van der Waals surface area contributed by atoms with Crippen LogP contribution in [-0.4, -0.2) is 48.2 Å². The predicted molar refractivity (Wildman–Crippen MR) is 116 cm³/mol. The lowest BCUT2D eigenvalue weighted by Crippen LogP contribution is -2.39. The van der Waals surface area contributed by atoms with Crippen molar-refractivity contribution < 1.29 is 4.79 Å². The van der Waals surface area contributed by atoms with E-state index in [1.54, 1.807) is 0 Å². The van der Waals surface area contributed by atoms with Crippen LogP contribution in [0.1, 0.15) is 66.7 Å². The number of fused-ring (bicyclic) bond motifs is 1. The average molecular weight is 427 g/mol. The van der Waals surface area contributed by atoms with Gasteiger partial charge in [0.15, 0.2) is 4.77 Å². The minimum atomic E-state index is -0.0784. The number of nitrogens with one attached hydrogen (secondary N) is 2. The molecule has 2 N–H and O–H groups in total. The van der Waals surface area contributed by atoms with E-state index in [0.717, 1.165) is 61.9 Å². The molecular formula is C21H26N6O2S. The summed E-state index contributed by atoms with van der Waals surface area (Å²) in [6.07, 6.45) is 6.31. The molecule has 1 aliphatic carbocycles. The molecule has 5 rings (SSSR count). The van der Waals surface area contributed by atoms with Gasteiger partial charge in [-0.15, -0.1) is 0 Å². The van der Waals surface area contributed by atoms with Crippen LogP contribution in [0.25, 0.3) is 11.0 Å². The topological polar surface area (TPSA) is 91.7 Å². The van der Waals surface area contributed by atoms with Crippen LogP contribution in [0.3, 0.4) is 0 Å². The number of carbonyl (C=O) groups is 1. The van der Waals surface area contributed by atoms with E-state index >= 15 is 0 Å². The molecule has 3 aromatic rings. The standard InChI is InChI=1S/C21H26N6O2S/c1-25-18(23-24-21(25)30)14-5-4-10-26(12-14)19(28)13-8-9-17-16(11-13)22-20(29)27(17)15-6-2-3-7-15/h8-9,11,14-15H,2-7,10,12H2,1H3,(H,22,29)(H,24,30). The molecule has 2 aliphatic rings. The van der Waals surface area contributed by atoms with Crippen LogP contribution < -0.4 is 5.69 Å². The maximum atomic E-state index is 13.2. The summed E-state index contributed by atoms with van der Waals surface area (Å²) in [4.78, 5) is 30.6. The molecule has 8 nitrogen and oxygen atoms in total. The van der Waals surface area contributed by atoms with Crippen molar-refractivity contribution in [1.82, 2.24) is 29.2 Å². The number of amides is 1. The Bertz CT molecular complexity index is 1210. The second-order valence-electron chi connectivity index (χ2n) is 8.51. The number of nitrogens with zero attached hydrogens (tertiary/aromatic N) is 4. The molecule has 1 aliphatic heterocycles. The van der Waals surface area contributed by atoms with E-state index in [0.29, 0.717) is 16.9 Å². The molecule has 1 saturated heterocycles. The smallest absolute Gasteiger partial charge is 0.326 e. The highest BCUT2D eigenvalue weighted by Gasteiger charge is 2.29. The van der Waals surface area contributed by atoms with Gasteiger partial charge in [-0.1, -0.05) is 12.8 Å². The van der Waals surface area contributed by atoms with Gasteiger partial charge in [-0.3, -0.25) is 14.5 Å². The fraction of sp³-hybridized carbons (Fsp3) is 0.524. The molecule has 9 heteroatoms. The molecule has 0 spiro atoms. The molecule has 0 bridgehead atoms. The quantitative estimate of drug-likeness (QED) is 0.629. The maximum Gasteiger partial charge on any atom is 0.326 e. The Morgan fingerprint density at radius 3 is 2.73 bits per heavy atom. The van der Waals surface area contributed by atoms with E-state index in [2.05, 4.69) is 15.2 Å². The Labute approximate surface area is 178 Å². The number of imidazole rings is 1. The van der Waals surface area contributed by atoms with E-state index in [-0.39, 0.29) is 23.6 Å². The van der Waals surface area contributed by atoms with Gasteiger partial charge in [-0.2, -0.15) is 5.10 Å². The van der Waals surface area contributed by atoms with Crippen molar-refractivity contribution >= 4 is 29.2 Å². The first kappa shape index (κ1) is 19.3. The number of benzene rings is 1. The molecule has 1 atom stereocenters. The summed E-state index contributed by atoms with van der Waals surface area (Å²) in [6.45, 7) is 1.34. The summed E-state index contributed by atoms with van der Waals surface area (Å²) in [7, 11) is 1.90. The molecule has 30 heavy (non-hydrogen) atoms. The summed E-state index contributed by atoms with van der Waals surface area (Å²) >= 11 is 5.23. The lowest BCUT2D eigenvalue weighted by Gasteiger charge is -2.32. The minimum Gasteiger partial charge on any atom is -0.338 e. The summed E-state index contributed by atoms with van der Waals surface area (Å²) in [5, 5.41) is 7.20. The van der Waals surface area contributed by atoms with Gasteiger partial charge in [-0.05, 0) is 56.1 Å². The Kier molecular flexibility index (Phi) is 4.85. The minimum absolute atomic E-state index is 0.00662. The second-order valence-corrected chi connectivity index (χ2v) is 8.89. The van der Waals surface area contributed by atoms with Crippen molar-refractivity contribution in [2.45, 2.75) is 50.5 Å². The monoisotopic (exact) mass is 426 g/mol. The van der Waals surface area contributed by atoms with Crippen LogP contribution in [0.15, 0.2) is 23.0 Å². The van der Waals surface area contributed by atoms with Crippen LogP contribution in [0, 0.1) is 4.77 Å². The summed E-state index contributed by atoms with van der Waals surface area (Å²) < 4.78 is 4.35. The lowest BCUT2D eigenvalue weighted by atomic mass is 9.96. The van der Waals surface area contributed by atoms with Crippen LogP contribution in [0.4, 0.5) is 0 Å². The number of aromatic nitrogens is 5. The predicted octanol–water partition coefficient (Wildman–Crippen LogP) is 3.26. The molecule has 1 amide bonds. The first-order chi connectivity index (χ1) is 14.5. The number of piperidine rings is 1. The number of hydrogen-bond donors (Lipinski definition) is 2. The zero-order valence-electron chi connectivity index (χ0n) is 17.1. The third-order valence-corrected chi connectivity index (χ3v) is 7.01. The van der Waals surface area contributed by atoms with Crippen LogP contribution in [-0.2, 0) is 7.05 Å². The zero-order chi connectivity index (χ0) is 20.8. The van der Waals surface area contributed by atoms with Crippen LogP contribution in [0.5, 0.6) is 0 Å². The zero-order valence-corrected chi connectivity index (χ0v) is 17.9. The van der Waals surface area contributed by atoms with Gasteiger partial charge in [-0.25, -0.2) is 4.79 Å². The second kappa shape index (κ2) is 7.54. The van der Waals surface area contributed by atoms with Gasteiger partial charge in [0.25, 0.3) is 5.91 Å². The highest BCUT2D eigenvalue weighted by Crippen LogP contribution is 2.31. The van der Waals surface area contributed by atoms with E-state index in [9.17, 15) is 9.59 Å². The highest BCUT2D eigenvalue weighted by molar-refractivity contribution is 7.71. The highest BCUT2D eigenvalue weighted by atomic mass is 32.1. The number of likely N-dealkylation sites (tertiary alicyclic amines) is 1. The Morgan fingerprint density at radius 2 is 2.00 bits per heavy atom. The number of rotatable bonds is 3. The number of H-pyrrole nitrogens is 2. The molecule has 1 aromatic carbocycles. The third-order valence-electron chi connectivity index (χ3n) is 6.64. The van der Waals surface area contributed by atoms with Crippen molar-refractivity contribution in [3.05, 3.63) is 44.8 Å². The largest absolute Gasteiger partial charge is 0.338 e. The van der Waals surface area contributed by atoms with E-state index in [4.69, 9.17) is 12.2 Å². The van der Waals surface area contributed by atoms with Crippen molar-refractivity contribution in [1.29, 1.82) is 0 Å². The molecule has 0 radical (unpaired) electrons. The van der Waals surface area contributed by atoms with Gasteiger partial charge in [0.05, 0.1) is 11.0 Å². The maximum absolute atomic E-state index is 13.2. The van der Waals surface area contributed by atoms with Crippen molar-refractivity contribution in [2.24, 2.45) is 7.05 Å². The first-order valence-electron chi connectivity index (χ1n) is 10.7. The van der Waals surface area contributed by atoms with Crippen molar-refractivity contribution in [3.8, 4) is 0 Å². The SMILES string of the molecule is Cn1c(C2CCCN(C(=O)c3ccc4c(c3)[nH]c(=O)n4C3CCCC3)C2)n[nH]c1=S. The summed E-state index contributed by atoms with van der Waals surface area (Å²) in [6, 6.07) is 5.85. The van der Waals surface area contributed by atoms with Crippen LogP contribution in [0.2, 0.25) is 0 Å². The van der Waals surface area contributed by atoms with Crippen molar-refractivity contribution in [3.63, 3.8) is 0 Å². The Balaban J connectivity index is 1.41. The summed E-state index contributed by atoms with van der Waals surface area (Å²) in [5.41, 5.74) is 2.16. The Hall–Kier alpha value is -2.68. The van der Waals surface area contributed by atoms with E-state index in [1.807, 2.05) is 39.3 Å². The number of carbonyl (C=O) groups excluding carboxylic acids is 1. The molecule has 2 fully saturated rings. The molecule has 1 saturated carbocycles. The van der Waals surface area contributed by atoms with Gasteiger partial charge < -0.3 is 14.5 Å². The molecule has 2 aromatic heterocycles. The summed E-state index contributed by atoms with van der Waals surface area (Å²) in [5.74, 6) is 1.05. The van der Waals surface area contributed by atoms with E-state index < -0.39 is 0 Å². The number of hydrogen-bond acceptors (Lipinski definition) is 4. The first-order valence-corrected chi connectivity index (χ1v) is 11.1. The number of aromatic amines is 2. The average Bonchev–Trinajstić information content (AvgIpc) is 3.46.